The predicted molar refractivity (Wildman–Crippen MR) is 130 cm³/mol. The Hall–Kier alpha value is -4.78. The van der Waals surface area contributed by atoms with Crippen LogP contribution in [0.25, 0.3) is 11.1 Å². The van der Waals surface area contributed by atoms with Crippen LogP contribution in [0.4, 0.5) is 11.4 Å². The number of nitriles is 4. The van der Waals surface area contributed by atoms with Gasteiger partial charge >= 0.3 is 0 Å². The number of nitrogen functional groups attached to an aromatic ring is 2. The summed E-state index contributed by atoms with van der Waals surface area (Å²) in [7, 11) is 0. The highest BCUT2D eigenvalue weighted by molar-refractivity contribution is 5.78. The lowest BCUT2D eigenvalue weighted by molar-refractivity contribution is 0.278. The molecule has 2 aliphatic carbocycles. The molecule has 0 saturated carbocycles. The van der Waals surface area contributed by atoms with E-state index in [1.54, 1.807) is 0 Å². The summed E-state index contributed by atoms with van der Waals surface area (Å²) in [4.78, 5) is 0. The van der Waals surface area contributed by atoms with E-state index < -0.39 is 10.8 Å². The highest BCUT2D eigenvalue weighted by Gasteiger charge is 2.57. The van der Waals surface area contributed by atoms with Gasteiger partial charge in [0.25, 0.3) is 0 Å². The Bertz CT molecular complexity index is 1290. The second-order valence-corrected chi connectivity index (χ2v) is 8.75. The normalized spacial score (nSPS) is 21.4. The summed E-state index contributed by atoms with van der Waals surface area (Å²) in [5.74, 6) is 0. The first kappa shape index (κ1) is 22.4. The standard InChI is InChI=1S/C28H22N6/c29-15-27(16-30)13-23-9-21(19-3-1-5-25(33)11-19)7-8-22(20-4-2-6-26(34)12-20)10-24(23)14-28(27,17-31)18-32/h1-6,9-12H,7-8,13-14,33-34H2/b21-9+,22-10+. The Balaban J connectivity index is 1.96. The second kappa shape index (κ2) is 8.63. The quantitative estimate of drug-likeness (QED) is 0.605. The summed E-state index contributed by atoms with van der Waals surface area (Å²) in [6.07, 6.45) is 5.38. The Morgan fingerprint density at radius 2 is 1.00 bits per heavy atom. The lowest BCUT2D eigenvalue weighted by Gasteiger charge is -2.37. The van der Waals surface area contributed by atoms with E-state index in [-0.39, 0.29) is 12.8 Å². The third kappa shape index (κ3) is 3.69. The largest absolute Gasteiger partial charge is 0.399 e. The molecule has 2 aliphatic rings. The topological polar surface area (TPSA) is 147 Å². The number of hydrogen-bond acceptors (Lipinski definition) is 6. The van der Waals surface area contributed by atoms with Crippen molar-refractivity contribution in [1.29, 1.82) is 21.0 Å². The minimum absolute atomic E-state index is 0.0109. The Morgan fingerprint density at radius 3 is 1.32 bits per heavy atom. The highest BCUT2D eigenvalue weighted by atomic mass is 14.6. The molecule has 34 heavy (non-hydrogen) atoms. The van der Waals surface area contributed by atoms with Gasteiger partial charge in [0.15, 0.2) is 10.8 Å². The number of nitrogens with zero attached hydrogens (tertiary/aromatic N) is 4. The van der Waals surface area contributed by atoms with Crippen LogP contribution in [0.3, 0.4) is 0 Å². The van der Waals surface area contributed by atoms with E-state index in [0.29, 0.717) is 24.2 Å². The minimum atomic E-state index is -1.77. The molecule has 0 fully saturated rings. The molecule has 0 saturated heterocycles. The fourth-order valence-corrected chi connectivity index (χ4v) is 4.74. The molecule has 0 radical (unpaired) electrons. The van der Waals surface area contributed by atoms with Crippen LogP contribution in [0.5, 0.6) is 0 Å². The summed E-state index contributed by atoms with van der Waals surface area (Å²) < 4.78 is 0. The first-order valence-electron chi connectivity index (χ1n) is 10.9. The zero-order valence-electron chi connectivity index (χ0n) is 18.5. The van der Waals surface area contributed by atoms with Crippen molar-refractivity contribution in [2.75, 3.05) is 11.5 Å². The van der Waals surface area contributed by atoms with Crippen LogP contribution < -0.4 is 11.5 Å². The van der Waals surface area contributed by atoms with Gasteiger partial charge in [-0.25, -0.2) is 0 Å². The van der Waals surface area contributed by atoms with Crippen LogP contribution in [0, 0.1) is 56.2 Å². The molecule has 4 N–H and O–H groups in total. The Labute approximate surface area is 198 Å². The van der Waals surface area contributed by atoms with E-state index in [9.17, 15) is 21.0 Å². The van der Waals surface area contributed by atoms with Crippen LogP contribution in [-0.2, 0) is 0 Å². The fraction of sp³-hybridized carbons (Fsp3) is 0.214. The lowest BCUT2D eigenvalue weighted by Crippen LogP contribution is -2.41. The molecule has 0 bridgehead atoms. The van der Waals surface area contributed by atoms with Crippen molar-refractivity contribution in [2.45, 2.75) is 25.7 Å². The second-order valence-electron chi connectivity index (χ2n) is 8.75. The van der Waals surface area contributed by atoms with Crippen molar-refractivity contribution >= 4 is 22.5 Å². The average Bonchev–Trinajstić information content (AvgIpc) is 2.84. The number of benzene rings is 2. The van der Waals surface area contributed by atoms with Crippen LogP contribution in [-0.4, -0.2) is 0 Å². The molecule has 2 aromatic carbocycles. The van der Waals surface area contributed by atoms with Gasteiger partial charge in [-0.1, -0.05) is 36.4 Å². The lowest BCUT2D eigenvalue weighted by atomic mass is 9.56. The molecule has 6 heteroatoms. The smallest absolute Gasteiger partial charge is 0.179 e. The van der Waals surface area contributed by atoms with Gasteiger partial charge in [-0.15, -0.1) is 0 Å². The van der Waals surface area contributed by atoms with Crippen molar-refractivity contribution in [3.8, 4) is 24.3 Å². The molecular formula is C28H22N6. The molecule has 4 rings (SSSR count). The number of hydrogen-bond donors (Lipinski definition) is 2. The maximum Gasteiger partial charge on any atom is 0.179 e. The van der Waals surface area contributed by atoms with Crippen LogP contribution in [0.2, 0.25) is 0 Å². The van der Waals surface area contributed by atoms with E-state index in [1.165, 1.54) is 0 Å². The molecule has 0 spiro atoms. The molecular weight excluding hydrogens is 420 g/mol. The minimum Gasteiger partial charge on any atom is -0.399 e. The molecule has 0 unspecified atom stereocenters. The van der Waals surface area contributed by atoms with Gasteiger partial charge in [0.05, 0.1) is 24.3 Å². The van der Waals surface area contributed by atoms with E-state index in [2.05, 4.69) is 0 Å². The zero-order chi connectivity index (χ0) is 24.3. The van der Waals surface area contributed by atoms with Crippen LogP contribution >= 0.6 is 0 Å². The van der Waals surface area contributed by atoms with E-state index in [1.807, 2.05) is 85.0 Å². The number of nitrogens with two attached hydrogens (primary N) is 2. The van der Waals surface area contributed by atoms with Gasteiger partial charge in [-0.2, -0.15) is 21.0 Å². The Morgan fingerprint density at radius 1 is 0.618 bits per heavy atom. The third-order valence-corrected chi connectivity index (χ3v) is 6.69. The molecule has 0 aliphatic heterocycles. The molecule has 164 valence electrons. The maximum absolute atomic E-state index is 9.97. The van der Waals surface area contributed by atoms with E-state index in [4.69, 9.17) is 11.5 Å². The summed E-state index contributed by atoms with van der Waals surface area (Å²) in [5, 5.41) is 39.9. The summed E-state index contributed by atoms with van der Waals surface area (Å²) in [6, 6.07) is 23.2. The summed E-state index contributed by atoms with van der Waals surface area (Å²) >= 11 is 0. The maximum atomic E-state index is 9.97. The molecule has 0 aromatic heterocycles. The summed E-state index contributed by atoms with van der Waals surface area (Å²) in [5.41, 5.74) is 15.3. The van der Waals surface area contributed by atoms with E-state index in [0.717, 1.165) is 33.4 Å². The number of rotatable bonds is 2. The molecule has 6 nitrogen and oxygen atoms in total. The molecule has 0 heterocycles. The van der Waals surface area contributed by atoms with Crippen molar-refractivity contribution in [1.82, 2.24) is 0 Å². The first-order chi connectivity index (χ1) is 16.4. The molecule has 0 atom stereocenters. The van der Waals surface area contributed by atoms with Gasteiger partial charge < -0.3 is 11.5 Å². The fourth-order valence-electron chi connectivity index (χ4n) is 4.74. The van der Waals surface area contributed by atoms with Crippen LogP contribution in [0.15, 0.2) is 71.8 Å². The van der Waals surface area contributed by atoms with Gasteiger partial charge in [-0.05, 0) is 70.5 Å². The van der Waals surface area contributed by atoms with Gasteiger partial charge in [0.1, 0.15) is 0 Å². The van der Waals surface area contributed by atoms with Gasteiger partial charge in [0, 0.05) is 24.2 Å². The van der Waals surface area contributed by atoms with Crippen molar-refractivity contribution in [3.63, 3.8) is 0 Å². The van der Waals surface area contributed by atoms with Crippen molar-refractivity contribution in [3.05, 3.63) is 83.0 Å². The highest BCUT2D eigenvalue weighted by Crippen LogP contribution is 2.53. The van der Waals surface area contributed by atoms with Crippen molar-refractivity contribution < 1.29 is 0 Å². The monoisotopic (exact) mass is 442 g/mol. The number of anilines is 2. The van der Waals surface area contributed by atoms with Gasteiger partial charge in [-0.3, -0.25) is 0 Å². The number of allylic oxidation sites excluding steroid dienone is 6. The predicted octanol–water partition coefficient (Wildman–Crippen LogP) is 5.27. The molecule has 2 aromatic rings. The van der Waals surface area contributed by atoms with Gasteiger partial charge in [0.2, 0.25) is 0 Å². The summed E-state index contributed by atoms with van der Waals surface area (Å²) in [6.45, 7) is 0. The van der Waals surface area contributed by atoms with E-state index >= 15 is 0 Å². The first-order valence-corrected chi connectivity index (χ1v) is 10.9. The SMILES string of the molecule is N#CC1(C#N)CC2=C(/C=C(/c3cccc(N)c3)CC/C(c3cccc(N)c3)=C\2)CC1(C#N)C#N. The average molecular weight is 443 g/mol. The molecule has 0 amide bonds. The van der Waals surface area contributed by atoms with Crippen molar-refractivity contribution in [2.24, 2.45) is 10.8 Å². The third-order valence-electron chi connectivity index (χ3n) is 6.69. The van der Waals surface area contributed by atoms with Crippen LogP contribution in [0.1, 0.15) is 36.8 Å². The Kier molecular flexibility index (Phi) is 5.69. The zero-order valence-corrected chi connectivity index (χ0v) is 18.5.